The van der Waals surface area contributed by atoms with Gasteiger partial charge in [0.2, 0.25) is 0 Å². The number of aromatic nitrogens is 1. The molecule has 1 aromatic carbocycles. The normalized spacial score (nSPS) is 11.3. The number of hydrogen-bond acceptors (Lipinski definition) is 3. The van der Waals surface area contributed by atoms with Crippen LogP contribution in [-0.4, -0.2) is 11.3 Å². The van der Waals surface area contributed by atoms with Gasteiger partial charge in [0, 0.05) is 15.1 Å². The highest BCUT2D eigenvalue weighted by Gasteiger charge is 2.32. The summed E-state index contributed by atoms with van der Waals surface area (Å²) >= 11 is 12.3. The third-order valence-electron chi connectivity index (χ3n) is 2.23. The van der Waals surface area contributed by atoms with Crippen LogP contribution < -0.4 is 10.1 Å². The van der Waals surface area contributed by atoms with Crippen LogP contribution in [0.5, 0.6) is 5.75 Å². The summed E-state index contributed by atoms with van der Waals surface area (Å²) in [6, 6.07) is 5.76. The van der Waals surface area contributed by atoms with Crippen LogP contribution in [0, 0.1) is 0 Å². The third-order valence-corrected chi connectivity index (χ3v) is 3.45. The molecule has 2 aromatic rings. The summed E-state index contributed by atoms with van der Waals surface area (Å²) in [5, 5.41) is 2.96. The molecular formula is C12H6Br2ClF3N2O. The van der Waals surface area contributed by atoms with Gasteiger partial charge in [0.15, 0.2) is 5.75 Å². The summed E-state index contributed by atoms with van der Waals surface area (Å²) in [6.07, 6.45) is -3.33. The number of nitrogens with one attached hydrogen (secondary N) is 1. The quantitative estimate of drug-likeness (QED) is 0.637. The molecule has 1 N–H and O–H groups in total. The summed E-state index contributed by atoms with van der Waals surface area (Å²) in [4.78, 5) is 3.99. The van der Waals surface area contributed by atoms with Crippen molar-refractivity contribution in [3.8, 4) is 5.75 Å². The predicted octanol–water partition coefficient (Wildman–Crippen LogP) is 5.90. The number of nitrogens with zero attached hydrogens (tertiary/aromatic N) is 1. The molecule has 1 aromatic heterocycles. The molecule has 112 valence electrons. The second kappa shape index (κ2) is 6.41. The van der Waals surface area contributed by atoms with E-state index in [-0.39, 0.29) is 16.5 Å². The number of ether oxygens (including phenoxy) is 1. The van der Waals surface area contributed by atoms with E-state index in [9.17, 15) is 13.2 Å². The predicted molar refractivity (Wildman–Crippen MR) is 81.1 cm³/mol. The summed E-state index contributed by atoms with van der Waals surface area (Å²) in [7, 11) is 0. The lowest BCUT2D eigenvalue weighted by molar-refractivity contribution is -0.274. The van der Waals surface area contributed by atoms with E-state index in [1.807, 2.05) is 0 Å². The van der Waals surface area contributed by atoms with E-state index in [1.165, 1.54) is 18.3 Å². The summed E-state index contributed by atoms with van der Waals surface area (Å²) in [5.74, 6) is -0.174. The minimum atomic E-state index is -4.80. The Labute approximate surface area is 139 Å². The number of alkyl halides is 3. The van der Waals surface area contributed by atoms with Gasteiger partial charge < -0.3 is 10.1 Å². The lowest BCUT2D eigenvalue weighted by Crippen LogP contribution is -2.18. The van der Waals surface area contributed by atoms with Gasteiger partial charge in [-0.15, -0.1) is 13.2 Å². The van der Waals surface area contributed by atoms with Crippen molar-refractivity contribution < 1.29 is 17.9 Å². The minimum absolute atomic E-state index is 0.0900. The Bertz CT molecular complexity index is 667. The fraction of sp³-hybridized carbons (Fsp3) is 0.0833. The van der Waals surface area contributed by atoms with Crippen molar-refractivity contribution in [1.29, 1.82) is 0 Å². The van der Waals surface area contributed by atoms with E-state index in [2.05, 4.69) is 46.9 Å². The molecule has 2 rings (SSSR count). The highest BCUT2D eigenvalue weighted by molar-refractivity contribution is 9.10. The Kier molecular flexibility index (Phi) is 5.00. The van der Waals surface area contributed by atoms with Crippen LogP contribution in [0.15, 0.2) is 39.4 Å². The van der Waals surface area contributed by atoms with Gasteiger partial charge in [-0.1, -0.05) is 27.5 Å². The molecule has 0 aliphatic heterocycles. The van der Waals surface area contributed by atoms with Gasteiger partial charge in [0.1, 0.15) is 5.82 Å². The molecule has 0 atom stereocenters. The lowest BCUT2D eigenvalue weighted by atomic mass is 10.3. The van der Waals surface area contributed by atoms with Crippen LogP contribution in [0.25, 0.3) is 0 Å². The van der Waals surface area contributed by atoms with Crippen LogP contribution in [0.2, 0.25) is 5.02 Å². The maximum Gasteiger partial charge on any atom is 0.573 e. The molecule has 0 saturated carbocycles. The smallest absolute Gasteiger partial charge is 0.404 e. The summed E-state index contributed by atoms with van der Waals surface area (Å²) in [6.45, 7) is 0. The largest absolute Gasteiger partial charge is 0.573 e. The van der Waals surface area contributed by atoms with Gasteiger partial charge in [-0.05, 0) is 40.2 Å². The van der Waals surface area contributed by atoms with Crippen molar-refractivity contribution in [3.63, 3.8) is 0 Å². The first kappa shape index (κ1) is 16.4. The SMILES string of the molecule is FC(F)(F)Oc1cc(Br)ccc1Nc1ncc(Br)cc1Cl. The zero-order valence-electron chi connectivity index (χ0n) is 10.0. The standard InChI is InChI=1S/C12H6Br2ClF3N2O/c13-6-1-2-9(10(4-6)21-12(16,17)18)20-11-8(15)3-7(14)5-19-11/h1-5H,(H,19,20). The highest BCUT2D eigenvalue weighted by Crippen LogP contribution is 2.36. The van der Waals surface area contributed by atoms with Gasteiger partial charge in [-0.2, -0.15) is 0 Å². The maximum absolute atomic E-state index is 12.4. The Morgan fingerprint density at radius 1 is 1.14 bits per heavy atom. The van der Waals surface area contributed by atoms with Gasteiger partial charge >= 0.3 is 6.36 Å². The Morgan fingerprint density at radius 3 is 2.48 bits per heavy atom. The zero-order valence-corrected chi connectivity index (χ0v) is 13.9. The van der Waals surface area contributed by atoms with Crippen molar-refractivity contribution >= 4 is 55.0 Å². The van der Waals surface area contributed by atoms with Crippen molar-refractivity contribution in [2.45, 2.75) is 6.36 Å². The van der Waals surface area contributed by atoms with E-state index in [1.54, 1.807) is 12.1 Å². The van der Waals surface area contributed by atoms with Crippen LogP contribution in [0.1, 0.15) is 0 Å². The molecule has 0 aliphatic carbocycles. The van der Waals surface area contributed by atoms with Gasteiger partial charge in [0.05, 0.1) is 10.7 Å². The Morgan fingerprint density at radius 2 is 1.86 bits per heavy atom. The fourth-order valence-electron chi connectivity index (χ4n) is 1.44. The first-order valence-electron chi connectivity index (χ1n) is 5.38. The van der Waals surface area contributed by atoms with Crippen molar-refractivity contribution in [2.75, 3.05) is 5.32 Å². The van der Waals surface area contributed by atoms with Crippen molar-refractivity contribution in [2.24, 2.45) is 0 Å². The lowest BCUT2D eigenvalue weighted by Gasteiger charge is -2.15. The molecule has 0 radical (unpaired) electrons. The molecule has 0 bridgehead atoms. The van der Waals surface area contributed by atoms with Gasteiger partial charge in [0.25, 0.3) is 0 Å². The molecule has 0 fully saturated rings. The number of anilines is 2. The molecule has 0 saturated heterocycles. The number of benzene rings is 1. The Hall–Kier alpha value is -0.990. The number of hydrogen-bond donors (Lipinski definition) is 1. The van der Waals surface area contributed by atoms with Crippen molar-refractivity contribution in [1.82, 2.24) is 4.98 Å². The molecule has 0 aliphatic rings. The summed E-state index contributed by atoms with van der Waals surface area (Å²) in [5.41, 5.74) is 0.0900. The highest BCUT2D eigenvalue weighted by atomic mass is 79.9. The second-order valence-electron chi connectivity index (χ2n) is 3.80. The van der Waals surface area contributed by atoms with E-state index in [0.717, 1.165) is 0 Å². The van der Waals surface area contributed by atoms with Crippen LogP contribution >= 0.6 is 43.5 Å². The zero-order chi connectivity index (χ0) is 15.6. The molecular weight excluding hydrogens is 440 g/mol. The maximum atomic E-state index is 12.4. The molecule has 0 amide bonds. The van der Waals surface area contributed by atoms with Gasteiger partial charge in [-0.3, -0.25) is 0 Å². The van der Waals surface area contributed by atoms with Crippen molar-refractivity contribution in [3.05, 3.63) is 44.4 Å². The van der Waals surface area contributed by atoms with Crippen LogP contribution in [-0.2, 0) is 0 Å². The monoisotopic (exact) mass is 444 g/mol. The van der Waals surface area contributed by atoms with Gasteiger partial charge in [-0.25, -0.2) is 4.98 Å². The fourth-order valence-corrected chi connectivity index (χ4v) is 2.46. The third kappa shape index (κ3) is 4.76. The summed E-state index contributed by atoms with van der Waals surface area (Å²) < 4.78 is 42.3. The average Bonchev–Trinajstić information content (AvgIpc) is 2.33. The molecule has 1 heterocycles. The number of halogens is 6. The minimum Gasteiger partial charge on any atom is -0.404 e. The topological polar surface area (TPSA) is 34.1 Å². The number of pyridine rings is 1. The average molecular weight is 446 g/mol. The molecule has 9 heteroatoms. The molecule has 21 heavy (non-hydrogen) atoms. The van der Waals surface area contributed by atoms with Crippen LogP contribution in [0.4, 0.5) is 24.7 Å². The molecule has 3 nitrogen and oxygen atoms in total. The van der Waals surface area contributed by atoms with E-state index in [4.69, 9.17) is 11.6 Å². The van der Waals surface area contributed by atoms with E-state index >= 15 is 0 Å². The second-order valence-corrected chi connectivity index (χ2v) is 6.04. The first-order valence-corrected chi connectivity index (χ1v) is 7.34. The van der Waals surface area contributed by atoms with E-state index in [0.29, 0.717) is 8.95 Å². The molecule has 0 spiro atoms. The first-order chi connectivity index (χ1) is 9.74. The Balaban J connectivity index is 2.35. The van der Waals surface area contributed by atoms with E-state index < -0.39 is 12.1 Å². The van der Waals surface area contributed by atoms with Crippen LogP contribution in [0.3, 0.4) is 0 Å². The number of rotatable bonds is 3. The molecule has 0 unspecified atom stereocenters.